The molecule has 1 aromatic rings. The molecule has 2 atom stereocenters. The van der Waals surface area contributed by atoms with Crippen LogP contribution in [0.2, 0.25) is 5.02 Å². The van der Waals surface area contributed by atoms with Gasteiger partial charge in [0.25, 0.3) is 5.91 Å². The minimum atomic E-state index is -0.802. The number of carbonyl (C=O) groups excluding carboxylic acids is 3. The van der Waals surface area contributed by atoms with E-state index in [-0.39, 0.29) is 28.0 Å². The fourth-order valence-electron chi connectivity index (χ4n) is 3.08. The van der Waals surface area contributed by atoms with Crippen LogP contribution in [-0.2, 0) is 14.3 Å². The van der Waals surface area contributed by atoms with Crippen LogP contribution in [0.25, 0.3) is 0 Å². The fraction of sp³-hybridized carbons (Fsp3) is 0.474. The maximum absolute atomic E-state index is 13.0. The van der Waals surface area contributed by atoms with E-state index in [1.807, 2.05) is 19.9 Å². The maximum atomic E-state index is 13.0. The lowest BCUT2D eigenvalue weighted by molar-refractivity contribution is -0.151. The van der Waals surface area contributed by atoms with Crippen LogP contribution >= 0.6 is 11.6 Å². The van der Waals surface area contributed by atoms with Gasteiger partial charge in [-0.15, -0.1) is 0 Å². The van der Waals surface area contributed by atoms with Crippen molar-refractivity contribution in [3.63, 3.8) is 0 Å². The highest BCUT2D eigenvalue weighted by atomic mass is 35.5. The van der Waals surface area contributed by atoms with Gasteiger partial charge in [0.1, 0.15) is 18.2 Å². The number of halogens is 1. The molecule has 1 fully saturated rings. The van der Waals surface area contributed by atoms with Crippen LogP contribution < -0.4 is 5.32 Å². The Morgan fingerprint density at radius 3 is 2.67 bits per heavy atom. The van der Waals surface area contributed by atoms with E-state index in [1.54, 1.807) is 0 Å². The molecular formula is C19H22ClN3O4. The molecule has 27 heavy (non-hydrogen) atoms. The number of methoxy groups -OCH3 is 1. The summed E-state index contributed by atoms with van der Waals surface area (Å²) in [7, 11) is 1.29. The largest absolute Gasteiger partial charge is 0.467 e. The zero-order valence-corrected chi connectivity index (χ0v) is 16.2. The molecule has 0 spiro atoms. The van der Waals surface area contributed by atoms with Crippen LogP contribution in [0.3, 0.4) is 0 Å². The number of benzene rings is 1. The first-order valence-corrected chi connectivity index (χ1v) is 9.06. The van der Waals surface area contributed by atoms with Crippen LogP contribution in [0.5, 0.6) is 0 Å². The summed E-state index contributed by atoms with van der Waals surface area (Å²) in [5, 5.41) is 12.0. The Bertz CT molecular complexity index is 788. The van der Waals surface area contributed by atoms with E-state index in [4.69, 9.17) is 21.6 Å². The van der Waals surface area contributed by atoms with E-state index >= 15 is 0 Å². The van der Waals surface area contributed by atoms with Gasteiger partial charge in [0.15, 0.2) is 0 Å². The summed E-state index contributed by atoms with van der Waals surface area (Å²) in [5.41, 5.74) is 0.419. The highest BCUT2D eigenvalue weighted by Crippen LogP contribution is 2.22. The molecule has 1 N–H and O–H groups in total. The second kappa shape index (κ2) is 8.87. The molecule has 1 aliphatic rings. The predicted octanol–water partition coefficient (Wildman–Crippen LogP) is 2.13. The van der Waals surface area contributed by atoms with E-state index < -0.39 is 24.0 Å². The number of esters is 1. The number of nitrogens with zero attached hydrogens (tertiary/aromatic N) is 2. The third-order valence-corrected chi connectivity index (χ3v) is 4.91. The molecule has 8 heteroatoms. The van der Waals surface area contributed by atoms with Gasteiger partial charge < -0.3 is 15.0 Å². The molecule has 0 radical (unpaired) electrons. The van der Waals surface area contributed by atoms with Gasteiger partial charge in [0, 0.05) is 12.1 Å². The van der Waals surface area contributed by atoms with Crippen LogP contribution in [0, 0.1) is 17.2 Å². The summed E-state index contributed by atoms with van der Waals surface area (Å²) in [6, 6.07) is 4.84. The summed E-state index contributed by atoms with van der Waals surface area (Å²) in [6.45, 7) is 4.07. The molecule has 1 aliphatic heterocycles. The predicted molar refractivity (Wildman–Crippen MR) is 99.0 cm³/mol. The Morgan fingerprint density at radius 2 is 2.07 bits per heavy atom. The van der Waals surface area contributed by atoms with Gasteiger partial charge in [-0.05, 0) is 37.0 Å². The first kappa shape index (κ1) is 20.7. The van der Waals surface area contributed by atoms with Crippen LogP contribution in [0.4, 0.5) is 0 Å². The Kier molecular flexibility index (Phi) is 6.81. The number of hydrogen-bond acceptors (Lipinski definition) is 5. The average molecular weight is 392 g/mol. The second-order valence-electron chi connectivity index (χ2n) is 6.71. The standard InChI is InChI=1S/C19H22ClN3O4/c1-11(2)16(18(25)23-8-4-5-15(23)19(26)27-3)22-17(24)12-6-7-14(20)13(9-12)10-21/h6-7,9,11,15-16H,4-5,8H2,1-3H3,(H,22,24)/t15-,16?/m0/s1. The quantitative estimate of drug-likeness (QED) is 0.775. The van der Waals surface area contributed by atoms with Crippen molar-refractivity contribution in [2.24, 2.45) is 5.92 Å². The normalized spacial score (nSPS) is 17.3. The smallest absolute Gasteiger partial charge is 0.328 e. The minimum absolute atomic E-state index is 0.182. The highest BCUT2D eigenvalue weighted by Gasteiger charge is 2.39. The van der Waals surface area contributed by atoms with Crippen molar-refractivity contribution < 1.29 is 19.1 Å². The fourth-order valence-corrected chi connectivity index (χ4v) is 3.24. The van der Waals surface area contributed by atoms with Gasteiger partial charge in [-0.1, -0.05) is 25.4 Å². The number of amides is 2. The van der Waals surface area contributed by atoms with E-state index in [9.17, 15) is 14.4 Å². The van der Waals surface area contributed by atoms with Crippen molar-refractivity contribution in [3.8, 4) is 6.07 Å². The van der Waals surface area contributed by atoms with Crippen molar-refractivity contribution in [2.45, 2.75) is 38.8 Å². The molecule has 1 unspecified atom stereocenters. The van der Waals surface area contributed by atoms with Crippen molar-refractivity contribution in [2.75, 3.05) is 13.7 Å². The molecule has 1 heterocycles. The van der Waals surface area contributed by atoms with Gasteiger partial charge >= 0.3 is 5.97 Å². The Hall–Kier alpha value is -2.59. The number of carbonyl (C=O) groups is 3. The monoisotopic (exact) mass is 391 g/mol. The first-order valence-electron chi connectivity index (χ1n) is 8.69. The average Bonchev–Trinajstić information content (AvgIpc) is 3.14. The molecule has 0 saturated carbocycles. The summed E-state index contributed by atoms with van der Waals surface area (Å²) in [4.78, 5) is 39.0. The summed E-state index contributed by atoms with van der Waals surface area (Å²) < 4.78 is 4.78. The number of hydrogen-bond donors (Lipinski definition) is 1. The van der Waals surface area contributed by atoms with Crippen LogP contribution in [0.15, 0.2) is 18.2 Å². The zero-order chi connectivity index (χ0) is 20.1. The highest BCUT2D eigenvalue weighted by molar-refractivity contribution is 6.31. The second-order valence-corrected chi connectivity index (χ2v) is 7.12. The number of rotatable bonds is 5. The van der Waals surface area contributed by atoms with Crippen molar-refractivity contribution in [1.29, 1.82) is 5.26 Å². The van der Waals surface area contributed by atoms with Gasteiger partial charge in [-0.2, -0.15) is 5.26 Å². The third kappa shape index (κ3) is 4.58. The molecule has 0 aromatic heterocycles. The maximum Gasteiger partial charge on any atom is 0.328 e. The molecule has 2 amide bonds. The molecule has 0 aliphatic carbocycles. The first-order chi connectivity index (χ1) is 12.8. The van der Waals surface area contributed by atoms with Gasteiger partial charge in [0.05, 0.1) is 17.7 Å². The van der Waals surface area contributed by atoms with E-state index in [0.717, 1.165) is 0 Å². The van der Waals surface area contributed by atoms with Crippen molar-refractivity contribution in [1.82, 2.24) is 10.2 Å². The number of nitrogens with one attached hydrogen (secondary N) is 1. The Labute approximate surface area is 163 Å². The summed E-state index contributed by atoms with van der Waals surface area (Å²) in [5.74, 6) is -1.45. The van der Waals surface area contributed by atoms with E-state index in [1.165, 1.54) is 30.2 Å². The van der Waals surface area contributed by atoms with E-state index in [2.05, 4.69) is 5.32 Å². The minimum Gasteiger partial charge on any atom is -0.467 e. The number of ether oxygens (including phenoxy) is 1. The molecule has 0 bridgehead atoms. The topological polar surface area (TPSA) is 99.5 Å². The third-order valence-electron chi connectivity index (χ3n) is 4.58. The molecule has 7 nitrogen and oxygen atoms in total. The van der Waals surface area contributed by atoms with E-state index in [0.29, 0.717) is 19.4 Å². The number of likely N-dealkylation sites (tertiary alicyclic amines) is 1. The SMILES string of the molecule is COC(=O)[C@@H]1CCCN1C(=O)C(NC(=O)c1ccc(Cl)c(C#N)c1)C(C)C. The zero-order valence-electron chi connectivity index (χ0n) is 15.5. The van der Waals surface area contributed by atoms with Crippen molar-refractivity contribution in [3.05, 3.63) is 34.3 Å². The molecule has 1 saturated heterocycles. The van der Waals surface area contributed by atoms with Gasteiger partial charge in [0.2, 0.25) is 5.91 Å². The molecular weight excluding hydrogens is 370 g/mol. The van der Waals surface area contributed by atoms with Gasteiger partial charge in [-0.3, -0.25) is 9.59 Å². The molecule has 144 valence electrons. The molecule has 2 rings (SSSR count). The Morgan fingerprint density at radius 1 is 1.37 bits per heavy atom. The Balaban J connectivity index is 2.20. The van der Waals surface area contributed by atoms with Crippen LogP contribution in [-0.4, -0.2) is 48.4 Å². The van der Waals surface area contributed by atoms with Crippen LogP contribution in [0.1, 0.15) is 42.6 Å². The van der Waals surface area contributed by atoms with Crippen molar-refractivity contribution >= 4 is 29.4 Å². The lowest BCUT2D eigenvalue weighted by Crippen LogP contribution is -2.53. The summed E-state index contributed by atoms with van der Waals surface area (Å²) >= 11 is 5.89. The summed E-state index contributed by atoms with van der Waals surface area (Å²) in [6.07, 6.45) is 1.24. The number of nitriles is 1. The van der Waals surface area contributed by atoms with Gasteiger partial charge in [-0.25, -0.2) is 4.79 Å². The lowest BCUT2D eigenvalue weighted by Gasteiger charge is -2.29. The molecule has 1 aromatic carbocycles. The lowest BCUT2D eigenvalue weighted by atomic mass is 10.0.